The Morgan fingerprint density at radius 2 is 1.00 bits per heavy atom. The SMILES string of the molecule is O.[Cl-].[K+].[Ru+3]. The van der Waals surface area contributed by atoms with Crippen molar-refractivity contribution >= 4 is 0 Å². The Labute approximate surface area is 86.8 Å². The van der Waals surface area contributed by atoms with Crippen LogP contribution in [0.2, 0.25) is 0 Å². The molecular formula is H2ClKORu+3. The first kappa shape index (κ1) is 31.4. The summed E-state index contributed by atoms with van der Waals surface area (Å²) in [5.41, 5.74) is 0. The Bertz CT molecular complexity index is 8.00. The first-order valence-corrected chi connectivity index (χ1v) is 0. The summed E-state index contributed by atoms with van der Waals surface area (Å²) in [6.45, 7) is 0. The van der Waals surface area contributed by atoms with Gasteiger partial charge >= 0.3 is 70.9 Å². The molecule has 0 aromatic rings. The first-order chi connectivity index (χ1) is 0. The van der Waals surface area contributed by atoms with Crippen LogP contribution in [0.4, 0.5) is 0 Å². The van der Waals surface area contributed by atoms with Gasteiger partial charge in [-0.25, -0.2) is 0 Å². The number of halogens is 1. The molecule has 0 amide bonds. The van der Waals surface area contributed by atoms with Gasteiger partial charge < -0.3 is 17.9 Å². The molecular weight excluding hydrogens is 192 g/mol. The van der Waals surface area contributed by atoms with Crippen molar-refractivity contribution in [1.82, 2.24) is 0 Å². The smallest absolute Gasteiger partial charge is 1.00 e. The second-order valence-corrected chi connectivity index (χ2v) is 0. The van der Waals surface area contributed by atoms with Crippen molar-refractivity contribution in [3.05, 3.63) is 0 Å². The quantitative estimate of drug-likeness (QED) is 0.343. The minimum Gasteiger partial charge on any atom is -1.00 e. The third-order valence-electron chi connectivity index (χ3n) is 0. The summed E-state index contributed by atoms with van der Waals surface area (Å²) in [5.74, 6) is 0. The van der Waals surface area contributed by atoms with Gasteiger partial charge in [0.25, 0.3) is 0 Å². The van der Waals surface area contributed by atoms with E-state index in [9.17, 15) is 0 Å². The molecule has 0 aliphatic rings. The molecule has 4 heteroatoms. The molecule has 0 fully saturated rings. The second kappa shape index (κ2) is 17.8. The maximum atomic E-state index is 0. The second-order valence-electron chi connectivity index (χ2n) is 0. The topological polar surface area (TPSA) is 31.5 Å². The van der Waals surface area contributed by atoms with Crippen LogP contribution in [0.15, 0.2) is 0 Å². The number of hydrogen-bond donors (Lipinski definition) is 0. The summed E-state index contributed by atoms with van der Waals surface area (Å²) in [6.07, 6.45) is 0. The van der Waals surface area contributed by atoms with Crippen LogP contribution in [0.1, 0.15) is 0 Å². The molecule has 0 aromatic heterocycles. The summed E-state index contributed by atoms with van der Waals surface area (Å²) >= 11 is 0. The van der Waals surface area contributed by atoms with E-state index in [4.69, 9.17) is 0 Å². The normalized spacial score (nSPS) is 0. The Morgan fingerprint density at radius 3 is 1.00 bits per heavy atom. The van der Waals surface area contributed by atoms with Crippen LogP contribution in [0.25, 0.3) is 0 Å². The van der Waals surface area contributed by atoms with Crippen LogP contribution in [0.3, 0.4) is 0 Å². The van der Waals surface area contributed by atoms with E-state index < -0.39 is 0 Å². The van der Waals surface area contributed by atoms with Crippen molar-refractivity contribution in [3.63, 3.8) is 0 Å². The van der Waals surface area contributed by atoms with E-state index in [1.54, 1.807) is 0 Å². The van der Waals surface area contributed by atoms with Gasteiger partial charge in [0, 0.05) is 0 Å². The maximum absolute atomic E-state index is 0. The molecule has 0 rings (SSSR count). The molecule has 0 bridgehead atoms. The summed E-state index contributed by atoms with van der Waals surface area (Å²) in [6, 6.07) is 0. The van der Waals surface area contributed by atoms with Crippen LogP contribution in [-0.2, 0) is 19.5 Å². The van der Waals surface area contributed by atoms with Crippen LogP contribution in [0, 0.1) is 0 Å². The fraction of sp³-hybridized carbons (Fsp3) is 0. The fourth-order valence-corrected chi connectivity index (χ4v) is 0. The van der Waals surface area contributed by atoms with Gasteiger partial charge in [0.2, 0.25) is 0 Å². The van der Waals surface area contributed by atoms with E-state index in [0.29, 0.717) is 0 Å². The Hall–Kier alpha value is 2.51. The van der Waals surface area contributed by atoms with Crippen LogP contribution < -0.4 is 63.8 Å². The molecule has 0 saturated heterocycles. The number of hydrogen-bond acceptors (Lipinski definition) is 0. The average molecular weight is 194 g/mol. The van der Waals surface area contributed by atoms with E-state index in [1.807, 2.05) is 0 Å². The van der Waals surface area contributed by atoms with Crippen molar-refractivity contribution in [2.24, 2.45) is 0 Å². The van der Waals surface area contributed by atoms with Gasteiger partial charge in [0.05, 0.1) is 0 Å². The predicted molar refractivity (Wildman–Crippen MR) is 3.61 cm³/mol. The monoisotopic (exact) mass is 194 g/mol. The van der Waals surface area contributed by atoms with E-state index in [-0.39, 0.29) is 88.7 Å². The Kier molecular flexibility index (Phi) is 140. The molecule has 0 spiro atoms. The van der Waals surface area contributed by atoms with Crippen molar-refractivity contribution in [1.29, 1.82) is 0 Å². The Morgan fingerprint density at radius 1 is 1.00 bits per heavy atom. The molecule has 0 aromatic carbocycles. The number of rotatable bonds is 0. The first-order valence-electron chi connectivity index (χ1n) is 0. The summed E-state index contributed by atoms with van der Waals surface area (Å²) in [5, 5.41) is 0. The molecule has 0 atom stereocenters. The minimum absolute atomic E-state index is 0. The van der Waals surface area contributed by atoms with Crippen molar-refractivity contribution in [2.75, 3.05) is 0 Å². The zero-order valence-electron chi connectivity index (χ0n) is 2.23. The molecule has 0 saturated carbocycles. The molecule has 0 aliphatic heterocycles. The third kappa shape index (κ3) is 8.82. The zero-order valence-corrected chi connectivity index (χ0v) is 7.85. The van der Waals surface area contributed by atoms with Crippen LogP contribution >= 0.6 is 0 Å². The van der Waals surface area contributed by atoms with Crippen molar-refractivity contribution < 1.29 is 88.7 Å². The van der Waals surface area contributed by atoms with E-state index in [1.165, 1.54) is 0 Å². The van der Waals surface area contributed by atoms with Gasteiger partial charge in [-0.1, -0.05) is 0 Å². The molecule has 1 nitrogen and oxygen atoms in total. The van der Waals surface area contributed by atoms with Gasteiger partial charge in [-0.15, -0.1) is 0 Å². The largest absolute Gasteiger partial charge is 3.00 e. The standard InChI is InChI=1S/ClH.K.H2O.Ru/h1H;;1H2;/q;+1;;+3/p-1. The van der Waals surface area contributed by atoms with Crippen LogP contribution in [0.5, 0.6) is 0 Å². The van der Waals surface area contributed by atoms with Gasteiger partial charge in [0.1, 0.15) is 0 Å². The summed E-state index contributed by atoms with van der Waals surface area (Å²) < 4.78 is 0. The summed E-state index contributed by atoms with van der Waals surface area (Å²) in [7, 11) is 0. The van der Waals surface area contributed by atoms with Gasteiger partial charge in [-0.05, 0) is 0 Å². The third-order valence-corrected chi connectivity index (χ3v) is 0. The van der Waals surface area contributed by atoms with Gasteiger partial charge in [0.15, 0.2) is 0 Å². The molecule has 0 heterocycles. The van der Waals surface area contributed by atoms with E-state index in [2.05, 4.69) is 0 Å². The molecule has 2 N–H and O–H groups in total. The zero-order chi connectivity index (χ0) is 0. The summed E-state index contributed by atoms with van der Waals surface area (Å²) in [4.78, 5) is 0. The average Bonchev–Trinajstić information content (AvgIpc) is 0. The molecule has 0 aliphatic carbocycles. The van der Waals surface area contributed by atoms with Crippen LogP contribution in [-0.4, -0.2) is 5.48 Å². The molecule has 0 unspecified atom stereocenters. The van der Waals surface area contributed by atoms with Gasteiger partial charge in [-0.3, -0.25) is 0 Å². The van der Waals surface area contributed by atoms with Gasteiger partial charge in [-0.2, -0.15) is 0 Å². The predicted octanol–water partition coefficient (Wildman–Crippen LogP) is -6.82. The fourth-order valence-electron chi connectivity index (χ4n) is 0. The molecule has 1 radical (unpaired) electrons. The molecule has 21 valence electrons. The van der Waals surface area contributed by atoms with Crippen molar-refractivity contribution in [3.8, 4) is 0 Å². The Balaban J connectivity index is 0. The van der Waals surface area contributed by atoms with E-state index in [0.717, 1.165) is 0 Å². The minimum atomic E-state index is 0. The van der Waals surface area contributed by atoms with Crippen molar-refractivity contribution in [2.45, 2.75) is 0 Å². The maximum Gasteiger partial charge on any atom is 3.00 e. The van der Waals surface area contributed by atoms with E-state index >= 15 is 0 Å². The molecule has 4 heavy (non-hydrogen) atoms.